The van der Waals surface area contributed by atoms with Gasteiger partial charge >= 0.3 is 0 Å². The summed E-state index contributed by atoms with van der Waals surface area (Å²) >= 11 is 0. The first-order valence-corrected chi connectivity index (χ1v) is 2.74. The fourth-order valence-corrected chi connectivity index (χ4v) is 0.627. The Morgan fingerprint density at radius 3 is 3.00 bits per heavy atom. The molecule has 1 aromatic heterocycles. The van der Waals surface area contributed by atoms with Crippen LogP contribution in [-0.4, -0.2) is 12.3 Å². The van der Waals surface area contributed by atoms with Crippen molar-refractivity contribution in [1.82, 2.24) is 5.16 Å². The van der Waals surface area contributed by atoms with Crippen LogP contribution in [0.5, 0.6) is 0 Å². The summed E-state index contributed by atoms with van der Waals surface area (Å²) in [6, 6.07) is 1.85. The molecule has 0 aliphatic rings. The molecule has 0 bridgehead atoms. The molecule has 0 spiro atoms. The molecule has 0 amide bonds. The summed E-state index contributed by atoms with van der Waals surface area (Å²) in [4.78, 5) is 0. The van der Waals surface area contributed by atoms with Crippen molar-refractivity contribution in [3.63, 3.8) is 0 Å². The molecular weight excluding hydrogens is 118 g/mol. The van der Waals surface area contributed by atoms with E-state index >= 15 is 0 Å². The normalized spacial score (nSPS) is 10.0. The van der Waals surface area contributed by atoms with Gasteiger partial charge < -0.3 is 9.26 Å². The predicted octanol–water partition coefficient (Wildman–Crippen LogP) is 1.13. The number of rotatable bonds is 2. The highest BCUT2D eigenvalue weighted by atomic mass is 16.5. The zero-order chi connectivity index (χ0) is 6.69. The van der Waals surface area contributed by atoms with Crippen molar-refractivity contribution in [2.45, 2.75) is 13.5 Å². The molecule has 50 valence electrons. The molecule has 9 heavy (non-hydrogen) atoms. The molecule has 1 aromatic rings. The third kappa shape index (κ3) is 1.54. The molecule has 1 heterocycles. The Hall–Kier alpha value is -0.830. The van der Waals surface area contributed by atoms with Crippen molar-refractivity contribution in [2.24, 2.45) is 0 Å². The summed E-state index contributed by atoms with van der Waals surface area (Å²) in [5.41, 5.74) is 0.891. The van der Waals surface area contributed by atoms with Gasteiger partial charge in [-0.05, 0) is 6.92 Å². The van der Waals surface area contributed by atoms with Gasteiger partial charge in [-0.25, -0.2) is 0 Å². The summed E-state index contributed by atoms with van der Waals surface area (Å²) in [6.45, 7) is 2.38. The Balaban J connectivity index is 2.61. The van der Waals surface area contributed by atoms with Crippen molar-refractivity contribution in [1.29, 1.82) is 0 Å². The Bertz CT molecular complexity index is 183. The third-order valence-corrected chi connectivity index (χ3v) is 0.963. The number of aromatic nitrogens is 1. The highest BCUT2D eigenvalue weighted by Crippen LogP contribution is 2.01. The van der Waals surface area contributed by atoms with Crippen molar-refractivity contribution in [3.8, 4) is 0 Å². The van der Waals surface area contributed by atoms with Crippen LogP contribution in [0, 0.1) is 6.92 Å². The molecule has 3 heteroatoms. The largest absolute Gasteiger partial charge is 0.377 e. The van der Waals surface area contributed by atoms with Gasteiger partial charge in [-0.1, -0.05) is 5.16 Å². The van der Waals surface area contributed by atoms with Gasteiger partial charge in [-0.3, -0.25) is 0 Å². The van der Waals surface area contributed by atoms with Gasteiger partial charge in [0.25, 0.3) is 0 Å². The van der Waals surface area contributed by atoms with Crippen molar-refractivity contribution in [3.05, 3.63) is 17.5 Å². The smallest absolute Gasteiger partial charge is 0.162 e. The molecular formula is C6H9NO2. The van der Waals surface area contributed by atoms with Crippen LogP contribution in [0.3, 0.4) is 0 Å². The van der Waals surface area contributed by atoms with Crippen molar-refractivity contribution >= 4 is 0 Å². The number of ether oxygens (including phenoxy) is 1. The van der Waals surface area contributed by atoms with Crippen LogP contribution in [-0.2, 0) is 11.3 Å². The molecule has 0 aromatic carbocycles. The minimum atomic E-state index is 0.501. The van der Waals surface area contributed by atoms with Crippen LogP contribution in [0.1, 0.15) is 11.5 Å². The minimum Gasteiger partial charge on any atom is -0.377 e. The van der Waals surface area contributed by atoms with Gasteiger partial charge in [0.15, 0.2) is 5.76 Å². The number of nitrogens with zero attached hydrogens (tertiary/aromatic N) is 1. The monoisotopic (exact) mass is 127 g/mol. The van der Waals surface area contributed by atoms with E-state index in [1.54, 1.807) is 7.11 Å². The first-order chi connectivity index (χ1) is 4.33. The van der Waals surface area contributed by atoms with Crippen LogP contribution >= 0.6 is 0 Å². The van der Waals surface area contributed by atoms with Crippen LogP contribution in [0.15, 0.2) is 10.6 Å². The molecule has 0 radical (unpaired) electrons. The number of methoxy groups -OCH3 is 1. The van der Waals surface area contributed by atoms with E-state index in [1.807, 2.05) is 13.0 Å². The highest BCUT2D eigenvalue weighted by molar-refractivity contribution is 5.01. The molecule has 0 saturated carbocycles. The molecule has 0 aliphatic heterocycles. The predicted molar refractivity (Wildman–Crippen MR) is 32.0 cm³/mol. The summed E-state index contributed by atoms with van der Waals surface area (Å²) in [5.74, 6) is 0.773. The molecule has 0 atom stereocenters. The summed E-state index contributed by atoms with van der Waals surface area (Å²) in [7, 11) is 1.62. The van der Waals surface area contributed by atoms with Gasteiger partial charge in [0.1, 0.15) is 6.61 Å². The minimum absolute atomic E-state index is 0.501. The second kappa shape index (κ2) is 2.64. The summed E-state index contributed by atoms with van der Waals surface area (Å²) in [6.07, 6.45) is 0. The summed E-state index contributed by atoms with van der Waals surface area (Å²) < 4.78 is 9.64. The quantitative estimate of drug-likeness (QED) is 0.597. The first kappa shape index (κ1) is 6.29. The van der Waals surface area contributed by atoms with Crippen LogP contribution in [0.2, 0.25) is 0 Å². The molecule has 0 aliphatic carbocycles. The number of hydrogen-bond donors (Lipinski definition) is 0. The Morgan fingerprint density at radius 1 is 1.78 bits per heavy atom. The Morgan fingerprint density at radius 2 is 2.56 bits per heavy atom. The lowest BCUT2D eigenvalue weighted by atomic mass is 10.4. The van der Waals surface area contributed by atoms with E-state index < -0.39 is 0 Å². The SMILES string of the molecule is COCc1cc(C)no1. The Kier molecular flexibility index (Phi) is 1.85. The van der Waals surface area contributed by atoms with Crippen LogP contribution in [0.4, 0.5) is 0 Å². The molecule has 0 fully saturated rings. The second-order valence-electron chi connectivity index (χ2n) is 1.87. The van der Waals surface area contributed by atoms with E-state index in [-0.39, 0.29) is 0 Å². The van der Waals surface area contributed by atoms with Gasteiger partial charge in [0.2, 0.25) is 0 Å². The van der Waals surface area contributed by atoms with E-state index in [2.05, 4.69) is 5.16 Å². The van der Waals surface area contributed by atoms with Crippen molar-refractivity contribution < 1.29 is 9.26 Å². The maximum absolute atomic E-state index is 4.83. The van der Waals surface area contributed by atoms with Gasteiger partial charge in [-0.2, -0.15) is 0 Å². The van der Waals surface area contributed by atoms with Gasteiger partial charge in [-0.15, -0.1) is 0 Å². The average Bonchev–Trinajstić information content (AvgIpc) is 2.17. The molecule has 0 saturated heterocycles. The Labute approximate surface area is 53.6 Å². The van der Waals surface area contributed by atoms with Gasteiger partial charge in [0, 0.05) is 13.2 Å². The lowest BCUT2D eigenvalue weighted by Crippen LogP contribution is -1.81. The second-order valence-corrected chi connectivity index (χ2v) is 1.87. The van der Waals surface area contributed by atoms with Crippen LogP contribution < -0.4 is 0 Å². The third-order valence-electron chi connectivity index (χ3n) is 0.963. The molecule has 0 N–H and O–H groups in total. The van der Waals surface area contributed by atoms with E-state index in [0.29, 0.717) is 6.61 Å². The first-order valence-electron chi connectivity index (χ1n) is 2.74. The molecule has 3 nitrogen and oxygen atoms in total. The van der Waals surface area contributed by atoms with Crippen molar-refractivity contribution in [2.75, 3.05) is 7.11 Å². The number of aryl methyl sites for hydroxylation is 1. The fourth-order valence-electron chi connectivity index (χ4n) is 0.627. The highest BCUT2D eigenvalue weighted by Gasteiger charge is 1.96. The summed E-state index contributed by atoms with van der Waals surface area (Å²) in [5, 5.41) is 3.68. The van der Waals surface area contributed by atoms with E-state index in [4.69, 9.17) is 9.26 Å². The number of hydrogen-bond acceptors (Lipinski definition) is 3. The fraction of sp³-hybridized carbons (Fsp3) is 0.500. The standard InChI is InChI=1S/C6H9NO2/c1-5-3-6(4-8-2)9-7-5/h3H,4H2,1-2H3. The van der Waals surface area contributed by atoms with E-state index in [9.17, 15) is 0 Å². The average molecular weight is 127 g/mol. The maximum atomic E-state index is 4.83. The maximum Gasteiger partial charge on any atom is 0.162 e. The lowest BCUT2D eigenvalue weighted by molar-refractivity contribution is 0.156. The van der Waals surface area contributed by atoms with E-state index in [0.717, 1.165) is 11.5 Å². The topological polar surface area (TPSA) is 35.3 Å². The molecule has 0 unspecified atom stereocenters. The van der Waals surface area contributed by atoms with Crippen LogP contribution in [0.25, 0.3) is 0 Å². The van der Waals surface area contributed by atoms with E-state index in [1.165, 1.54) is 0 Å². The zero-order valence-corrected chi connectivity index (χ0v) is 5.55. The lowest BCUT2D eigenvalue weighted by Gasteiger charge is -1.86. The van der Waals surface area contributed by atoms with Gasteiger partial charge in [0.05, 0.1) is 5.69 Å². The zero-order valence-electron chi connectivity index (χ0n) is 5.55. The molecule has 1 rings (SSSR count).